The summed E-state index contributed by atoms with van der Waals surface area (Å²) in [7, 11) is 0. The van der Waals surface area contributed by atoms with Crippen LogP contribution in [0, 0.1) is 10.8 Å². The van der Waals surface area contributed by atoms with Crippen molar-refractivity contribution >= 4 is 0 Å². The highest BCUT2D eigenvalue weighted by atomic mass is 16.3. The van der Waals surface area contributed by atoms with E-state index in [1.54, 1.807) is 0 Å². The van der Waals surface area contributed by atoms with Crippen LogP contribution >= 0.6 is 0 Å². The van der Waals surface area contributed by atoms with Crippen LogP contribution in [0.25, 0.3) is 0 Å². The molecule has 138 valence electrons. The van der Waals surface area contributed by atoms with Gasteiger partial charge in [-0.15, -0.1) is 0 Å². The van der Waals surface area contributed by atoms with Crippen molar-refractivity contribution in [2.75, 3.05) is 0 Å². The van der Waals surface area contributed by atoms with Crippen LogP contribution in [0.15, 0.2) is 6.07 Å². The second-order valence-electron chi connectivity index (χ2n) is 9.01. The maximum atomic E-state index is 10.3. The first kappa shape index (κ1) is 20.7. The molecule has 0 heterocycles. The summed E-state index contributed by atoms with van der Waals surface area (Å²) in [6, 6.07) is 1.27. The van der Waals surface area contributed by atoms with E-state index in [0.29, 0.717) is 17.4 Å². The highest BCUT2D eigenvalue weighted by Crippen LogP contribution is 2.40. The highest BCUT2D eigenvalue weighted by Gasteiger charge is 2.20. The predicted octanol–water partition coefficient (Wildman–Crippen LogP) is 5.93. The van der Waals surface area contributed by atoms with Crippen LogP contribution in [-0.4, -0.2) is 15.3 Å². The maximum absolute atomic E-state index is 10.3. The normalized spacial score (nSPS) is 12.6. The lowest BCUT2D eigenvalue weighted by molar-refractivity contribution is 0.311. The second kappa shape index (κ2) is 8.13. The van der Waals surface area contributed by atoms with Gasteiger partial charge in [0.25, 0.3) is 0 Å². The quantitative estimate of drug-likeness (QED) is 0.407. The molecule has 3 N–H and O–H groups in total. The molecule has 0 saturated heterocycles. The number of hydrogen-bond donors (Lipinski definition) is 3. The predicted molar refractivity (Wildman–Crippen MR) is 101 cm³/mol. The minimum absolute atomic E-state index is 0.0635. The first-order valence-electron chi connectivity index (χ1n) is 9.22. The van der Waals surface area contributed by atoms with Crippen LogP contribution in [0.3, 0.4) is 0 Å². The number of benzene rings is 1. The summed E-state index contributed by atoms with van der Waals surface area (Å²) < 4.78 is 0. The van der Waals surface area contributed by atoms with E-state index in [0.717, 1.165) is 44.1 Å². The molecule has 0 spiro atoms. The number of phenolic OH excluding ortho intramolecular Hbond substituents is 3. The monoisotopic (exact) mass is 336 g/mol. The molecule has 0 aliphatic carbocycles. The molecule has 0 aromatic heterocycles. The van der Waals surface area contributed by atoms with E-state index in [4.69, 9.17) is 0 Å². The molecule has 0 bridgehead atoms. The topological polar surface area (TPSA) is 60.7 Å². The molecule has 0 radical (unpaired) electrons. The van der Waals surface area contributed by atoms with E-state index < -0.39 is 0 Å². The number of phenols is 3. The van der Waals surface area contributed by atoms with Crippen LogP contribution in [0.5, 0.6) is 17.2 Å². The number of hydrogen-bond acceptors (Lipinski definition) is 3. The average molecular weight is 337 g/mol. The van der Waals surface area contributed by atoms with Crippen LogP contribution in [0.4, 0.5) is 0 Å². The van der Waals surface area contributed by atoms with Crippen molar-refractivity contribution in [3.05, 3.63) is 17.2 Å². The van der Waals surface area contributed by atoms with E-state index in [1.165, 1.54) is 6.07 Å². The molecule has 0 unspecified atom stereocenters. The molecule has 3 heteroatoms. The first-order chi connectivity index (χ1) is 11.0. The van der Waals surface area contributed by atoms with E-state index in [-0.39, 0.29) is 22.7 Å². The Morgan fingerprint density at radius 1 is 0.792 bits per heavy atom. The molecule has 3 nitrogen and oxygen atoms in total. The molecular weight excluding hydrogens is 300 g/mol. The molecule has 24 heavy (non-hydrogen) atoms. The lowest BCUT2D eigenvalue weighted by atomic mass is 9.83. The van der Waals surface area contributed by atoms with Gasteiger partial charge in [-0.05, 0) is 49.4 Å². The largest absolute Gasteiger partial charge is 0.508 e. The number of rotatable bonds is 8. The van der Waals surface area contributed by atoms with Crippen LogP contribution in [0.2, 0.25) is 0 Å². The molecule has 0 amide bonds. The standard InChI is InChI=1S/C21H36O3/c1-7-21(5,6)13-9-10-15-16(11-8-12-20(2,3)4)19(24)18(23)14-17(15)22/h14,22-24H,7-13H2,1-6H3. The zero-order chi connectivity index (χ0) is 18.5. The fraction of sp³-hybridized carbons (Fsp3) is 0.714. The van der Waals surface area contributed by atoms with Crippen molar-refractivity contribution in [2.24, 2.45) is 10.8 Å². The smallest absolute Gasteiger partial charge is 0.161 e. The Hall–Kier alpha value is -1.38. The minimum atomic E-state index is -0.226. The van der Waals surface area contributed by atoms with Gasteiger partial charge < -0.3 is 15.3 Å². The van der Waals surface area contributed by atoms with Crippen LogP contribution < -0.4 is 0 Å². The zero-order valence-corrected chi connectivity index (χ0v) is 16.4. The van der Waals surface area contributed by atoms with Crippen molar-refractivity contribution in [1.82, 2.24) is 0 Å². The molecule has 0 fully saturated rings. The van der Waals surface area contributed by atoms with Crippen molar-refractivity contribution in [3.63, 3.8) is 0 Å². The van der Waals surface area contributed by atoms with Crippen molar-refractivity contribution in [2.45, 2.75) is 86.5 Å². The lowest BCUT2D eigenvalue weighted by Crippen LogP contribution is -2.10. The summed E-state index contributed by atoms with van der Waals surface area (Å²) in [6.45, 7) is 13.3. The van der Waals surface area contributed by atoms with Gasteiger partial charge in [0.1, 0.15) is 5.75 Å². The van der Waals surface area contributed by atoms with Gasteiger partial charge in [-0.2, -0.15) is 0 Å². The summed E-state index contributed by atoms with van der Waals surface area (Å²) in [5.74, 6) is -0.187. The van der Waals surface area contributed by atoms with Gasteiger partial charge in [0, 0.05) is 17.2 Å². The van der Waals surface area contributed by atoms with Crippen LogP contribution in [0.1, 0.15) is 84.8 Å². The van der Waals surface area contributed by atoms with Crippen LogP contribution in [-0.2, 0) is 12.8 Å². The Bertz CT molecular complexity index is 539. The van der Waals surface area contributed by atoms with Gasteiger partial charge in [-0.1, -0.05) is 48.0 Å². The Morgan fingerprint density at radius 2 is 1.33 bits per heavy atom. The summed E-state index contributed by atoms with van der Waals surface area (Å²) in [6.07, 6.45) is 6.53. The minimum Gasteiger partial charge on any atom is -0.508 e. The third kappa shape index (κ3) is 6.26. The molecule has 1 aromatic carbocycles. The number of aromatic hydroxyl groups is 3. The molecular formula is C21H36O3. The summed E-state index contributed by atoms with van der Waals surface area (Å²) in [5, 5.41) is 30.4. The fourth-order valence-electron chi connectivity index (χ4n) is 3.00. The summed E-state index contributed by atoms with van der Waals surface area (Å²) in [4.78, 5) is 0. The molecule has 0 aliphatic rings. The Labute approximate surface area is 147 Å². The summed E-state index contributed by atoms with van der Waals surface area (Å²) in [5.41, 5.74) is 2.04. The van der Waals surface area contributed by atoms with E-state index >= 15 is 0 Å². The summed E-state index contributed by atoms with van der Waals surface area (Å²) >= 11 is 0. The molecule has 0 saturated carbocycles. The Kier molecular flexibility index (Phi) is 7.00. The van der Waals surface area contributed by atoms with Gasteiger partial charge in [0.2, 0.25) is 0 Å². The first-order valence-corrected chi connectivity index (χ1v) is 9.22. The maximum Gasteiger partial charge on any atom is 0.161 e. The third-order valence-electron chi connectivity index (χ3n) is 5.07. The van der Waals surface area contributed by atoms with E-state index in [2.05, 4.69) is 41.5 Å². The van der Waals surface area contributed by atoms with Crippen molar-refractivity contribution in [1.29, 1.82) is 0 Å². The van der Waals surface area contributed by atoms with Gasteiger partial charge >= 0.3 is 0 Å². The van der Waals surface area contributed by atoms with Gasteiger partial charge in [-0.3, -0.25) is 0 Å². The Morgan fingerprint density at radius 3 is 1.88 bits per heavy atom. The second-order valence-corrected chi connectivity index (χ2v) is 9.01. The van der Waals surface area contributed by atoms with Crippen molar-refractivity contribution < 1.29 is 15.3 Å². The molecule has 1 aromatic rings. The highest BCUT2D eigenvalue weighted by molar-refractivity contribution is 5.55. The van der Waals surface area contributed by atoms with Gasteiger partial charge in [-0.25, -0.2) is 0 Å². The fourth-order valence-corrected chi connectivity index (χ4v) is 3.00. The third-order valence-corrected chi connectivity index (χ3v) is 5.07. The van der Waals surface area contributed by atoms with Gasteiger partial charge in [0.15, 0.2) is 11.5 Å². The average Bonchev–Trinajstić information content (AvgIpc) is 2.45. The molecule has 0 atom stereocenters. The lowest BCUT2D eigenvalue weighted by Gasteiger charge is -2.23. The van der Waals surface area contributed by atoms with E-state index in [9.17, 15) is 15.3 Å². The molecule has 1 rings (SSSR count). The SMILES string of the molecule is CCC(C)(C)CCCc1c(O)cc(O)c(O)c1CCCC(C)(C)C. The van der Waals surface area contributed by atoms with Crippen molar-refractivity contribution in [3.8, 4) is 17.2 Å². The Balaban J connectivity index is 2.91. The van der Waals surface area contributed by atoms with Gasteiger partial charge in [0.05, 0.1) is 0 Å². The molecule has 0 aliphatic heterocycles. The van der Waals surface area contributed by atoms with E-state index in [1.807, 2.05) is 0 Å². The zero-order valence-electron chi connectivity index (χ0n) is 16.4.